The molecule has 1 aromatic heterocycles. The number of amides is 1. The molecule has 0 spiro atoms. The molecule has 2 aromatic rings. The summed E-state index contributed by atoms with van der Waals surface area (Å²) in [4.78, 5) is 16.7. The number of anilines is 1. The second-order valence-corrected chi connectivity index (χ2v) is 7.33. The summed E-state index contributed by atoms with van der Waals surface area (Å²) in [7, 11) is 0. The first-order valence-corrected chi connectivity index (χ1v) is 10.2. The number of hydrogen-bond donors (Lipinski definition) is 2. The minimum atomic E-state index is -2.67. The van der Waals surface area contributed by atoms with E-state index in [0.29, 0.717) is 18.2 Å². The fourth-order valence-corrected chi connectivity index (χ4v) is 2.83. The van der Waals surface area contributed by atoms with Gasteiger partial charge in [-0.1, -0.05) is 36.8 Å². The average molecular weight is 443 g/mol. The van der Waals surface area contributed by atoms with Crippen molar-refractivity contribution in [2.24, 2.45) is 11.7 Å². The maximum Gasteiger partial charge on any atom is 0.282 e. The van der Waals surface area contributed by atoms with Crippen molar-refractivity contribution in [3.63, 3.8) is 0 Å². The van der Waals surface area contributed by atoms with Crippen LogP contribution in [0.2, 0.25) is 0 Å². The van der Waals surface area contributed by atoms with Gasteiger partial charge in [-0.05, 0) is 36.5 Å². The van der Waals surface area contributed by atoms with Gasteiger partial charge in [0.05, 0.1) is 19.7 Å². The summed E-state index contributed by atoms with van der Waals surface area (Å²) in [6.07, 6.45) is 7.22. The number of nitrogens with two attached hydrogens (primary N) is 1. The summed E-state index contributed by atoms with van der Waals surface area (Å²) in [5.74, 6) is -2.62. The van der Waals surface area contributed by atoms with Gasteiger partial charge in [-0.3, -0.25) is 4.79 Å². The van der Waals surface area contributed by atoms with Gasteiger partial charge in [0, 0.05) is 12.6 Å². The maximum absolute atomic E-state index is 13.0. The fraction of sp³-hybridized carbons (Fsp3) is 0.333. The largest absolute Gasteiger partial charge is 0.476 e. The summed E-state index contributed by atoms with van der Waals surface area (Å²) < 4.78 is 31.5. The molecule has 2 aliphatic rings. The molecular formula is C24H28F2N4O2. The molecule has 2 heterocycles. The van der Waals surface area contributed by atoms with Crippen LogP contribution in [-0.2, 0) is 6.54 Å². The molecule has 0 unspecified atom stereocenters. The molecule has 170 valence electrons. The summed E-state index contributed by atoms with van der Waals surface area (Å²) in [6, 6.07) is 15.4. The lowest BCUT2D eigenvalue weighted by molar-refractivity contribution is -0.0265. The predicted octanol–water partition coefficient (Wildman–Crippen LogP) is 3.59. The summed E-state index contributed by atoms with van der Waals surface area (Å²) in [6.45, 7) is 6.53. The fourth-order valence-electron chi connectivity index (χ4n) is 2.83. The summed E-state index contributed by atoms with van der Waals surface area (Å²) >= 11 is 0. The Morgan fingerprint density at radius 3 is 2.44 bits per heavy atom. The van der Waals surface area contributed by atoms with E-state index < -0.39 is 11.8 Å². The molecule has 1 aliphatic carbocycles. The van der Waals surface area contributed by atoms with Crippen molar-refractivity contribution in [2.45, 2.75) is 25.3 Å². The van der Waals surface area contributed by atoms with Crippen LogP contribution in [0.1, 0.15) is 28.9 Å². The van der Waals surface area contributed by atoms with Crippen LogP contribution in [0.5, 0.6) is 5.88 Å². The van der Waals surface area contributed by atoms with Crippen LogP contribution in [0.3, 0.4) is 0 Å². The Morgan fingerprint density at radius 1 is 1.25 bits per heavy atom. The first-order chi connectivity index (χ1) is 15.4. The van der Waals surface area contributed by atoms with Crippen LogP contribution in [0.4, 0.5) is 14.5 Å². The van der Waals surface area contributed by atoms with Crippen molar-refractivity contribution >= 4 is 11.6 Å². The number of nitrogens with one attached hydrogen (secondary N) is 1. The van der Waals surface area contributed by atoms with Crippen LogP contribution >= 0.6 is 0 Å². The second-order valence-electron chi connectivity index (χ2n) is 7.33. The van der Waals surface area contributed by atoms with Gasteiger partial charge < -0.3 is 20.7 Å². The summed E-state index contributed by atoms with van der Waals surface area (Å²) in [5.41, 5.74) is 6.95. The van der Waals surface area contributed by atoms with Gasteiger partial charge in [0.15, 0.2) is 0 Å². The lowest BCUT2D eigenvalue weighted by atomic mass is 10.1. The third-order valence-corrected chi connectivity index (χ3v) is 4.67. The highest BCUT2D eigenvalue weighted by molar-refractivity contribution is 5.91. The zero-order chi connectivity index (χ0) is 23.6. The normalized spacial score (nSPS) is 15.5. The number of benzene rings is 1. The molecular weight excluding hydrogens is 414 g/mol. The Labute approximate surface area is 187 Å². The molecule has 1 saturated carbocycles. The van der Waals surface area contributed by atoms with E-state index in [2.05, 4.69) is 29.5 Å². The van der Waals surface area contributed by atoms with Crippen molar-refractivity contribution in [2.75, 3.05) is 24.6 Å². The Morgan fingerprint density at radius 2 is 1.91 bits per heavy atom. The first-order valence-electron chi connectivity index (χ1n) is 10.2. The number of aromatic nitrogens is 1. The Hall–Kier alpha value is -3.60. The quantitative estimate of drug-likeness (QED) is 0.389. The van der Waals surface area contributed by atoms with Gasteiger partial charge in [0.2, 0.25) is 5.88 Å². The lowest BCUT2D eigenvalue weighted by Crippen LogP contribution is -2.56. The van der Waals surface area contributed by atoms with Crippen molar-refractivity contribution < 1.29 is 18.3 Å². The number of terminal acetylenes is 1. The van der Waals surface area contributed by atoms with E-state index >= 15 is 0 Å². The van der Waals surface area contributed by atoms with Crippen LogP contribution in [0, 0.1) is 18.4 Å². The minimum absolute atomic E-state index is 0.0758. The zero-order valence-electron chi connectivity index (χ0n) is 17.9. The van der Waals surface area contributed by atoms with E-state index in [1.807, 2.05) is 30.3 Å². The highest BCUT2D eigenvalue weighted by Crippen LogP contribution is 2.37. The SMILES string of the molecule is C#CNCc1ccccc1.C=C.NC(=O)c1ccc(N2CC(F)(F)C2)c(OCC2CC2)n1. The van der Waals surface area contributed by atoms with Gasteiger partial charge in [-0.2, -0.15) is 0 Å². The number of alkyl halides is 2. The molecule has 3 N–H and O–H groups in total. The van der Waals surface area contributed by atoms with Crippen molar-refractivity contribution in [3.05, 3.63) is 66.9 Å². The number of halogens is 2. The molecule has 4 rings (SSSR count). The van der Waals surface area contributed by atoms with E-state index in [9.17, 15) is 13.6 Å². The average Bonchev–Trinajstić information content (AvgIpc) is 3.61. The van der Waals surface area contributed by atoms with Crippen LogP contribution in [0.25, 0.3) is 0 Å². The third kappa shape index (κ3) is 7.58. The molecule has 1 saturated heterocycles. The summed E-state index contributed by atoms with van der Waals surface area (Å²) in [5, 5.41) is 2.79. The maximum atomic E-state index is 13.0. The number of primary amides is 1. The van der Waals surface area contributed by atoms with Crippen LogP contribution in [0.15, 0.2) is 55.6 Å². The van der Waals surface area contributed by atoms with Gasteiger partial charge in [0.25, 0.3) is 11.8 Å². The highest BCUT2D eigenvalue weighted by atomic mass is 19.3. The van der Waals surface area contributed by atoms with E-state index in [-0.39, 0.29) is 24.7 Å². The van der Waals surface area contributed by atoms with E-state index in [1.54, 1.807) is 6.07 Å². The number of ether oxygens (including phenoxy) is 1. The standard InChI is InChI=1S/C13H15F2N3O2.C9H9N.C2H4/c14-13(15)6-18(7-13)10-4-3-9(11(16)19)17-12(10)20-5-8-1-2-8;1-2-10-8-9-6-4-3-5-7-9;1-2/h3-4,8H,1-2,5-7H2,(H2,16,19);1,3-7,10H,8H2;1-2H2. The predicted molar refractivity (Wildman–Crippen MR) is 122 cm³/mol. The Kier molecular flexibility index (Phi) is 9.02. The number of hydrogen-bond acceptors (Lipinski definition) is 5. The number of carbonyl (C=O) groups is 1. The topological polar surface area (TPSA) is 80.5 Å². The van der Waals surface area contributed by atoms with Crippen LogP contribution in [-0.4, -0.2) is 36.5 Å². The van der Waals surface area contributed by atoms with Crippen molar-refractivity contribution in [1.82, 2.24) is 10.3 Å². The minimum Gasteiger partial charge on any atom is -0.476 e. The first kappa shape index (κ1) is 24.7. The number of pyridine rings is 1. The Bertz CT molecular complexity index is 919. The molecule has 1 aromatic carbocycles. The molecule has 0 atom stereocenters. The van der Waals surface area contributed by atoms with Crippen molar-refractivity contribution in [3.8, 4) is 18.3 Å². The van der Waals surface area contributed by atoms with Crippen molar-refractivity contribution in [1.29, 1.82) is 0 Å². The number of carbonyl (C=O) groups excluding carboxylic acids is 1. The highest BCUT2D eigenvalue weighted by Gasteiger charge is 2.45. The molecule has 1 amide bonds. The molecule has 6 nitrogen and oxygen atoms in total. The smallest absolute Gasteiger partial charge is 0.282 e. The monoisotopic (exact) mass is 442 g/mol. The van der Waals surface area contributed by atoms with E-state index in [1.165, 1.54) is 16.5 Å². The van der Waals surface area contributed by atoms with E-state index in [0.717, 1.165) is 19.4 Å². The molecule has 0 radical (unpaired) electrons. The third-order valence-electron chi connectivity index (χ3n) is 4.67. The molecule has 8 heteroatoms. The molecule has 1 aliphatic heterocycles. The Balaban J connectivity index is 0.000000255. The molecule has 2 fully saturated rings. The van der Waals surface area contributed by atoms with Crippen LogP contribution < -0.4 is 20.7 Å². The number of rotatable bonds is 7. The second kappa shape index (κ2) is 11.7. The van der Waals surface area contributed by atoms with Gasteiger partial charge in [-0.25, -0.2) is 13.8 Å². The number of nitrogens with zero attached hydrogens (tertiary/aromatic N) is 2. The molecule has 32 heavy (non-hydrogen) atoms. The molecule has 0 bridgehead atoms. The van der Waals surface area contributed by atoms with Gasteiger partial charge >= 0.3 is 0 Å². The van der Waals surface area contributed by atoms with E-state index in [4.69, 9.17) is 16.9 Å². The zero-order valence-corrected chi connectivity index (χ0v) is 17.9. The van der Waals surface area contributed by atoms with Gasteiger partial charge in [0.1, 0.15) is 11.4 Å². The lowest BCUT2D eigenvalue weighted by Gasteiger charge is -2.40. The van der Waals surface area contributed by atoms with Gasteiger partial charge in [-0.15, -0.1) is 13.2 Å².